The number of hydrogen-bond donors (Lipinski definition) is 1. The second-order valence-electron chi connectivity index (χ2n) is 8.99. The number of benzene rings is 2. The number of carbonyl (C=O) groups excluding carboxylic acids is 1. The van der Waals surface area contributed by atoms with Gasteiger partial charge in [0.25, 0.3) is 0 Å². The van der Waals surface area contributed by atoms with Crippen molar-refractivity contribution < 1.29 is 18.0 Å². The van der Waals surface area contributed by atoms with Crippen molar-refractivity contribution in [2.24, 2.45) is 0 Å². The number of aromatic nitrogens is 4. The molecule has 36 heavy (non-hydrogen) atoms. The van der Waals surface area contributed by atoms with Gasteiger partial charge in [0.15, 0.2) is 0 Å². The summed E-state index contributed by atoms with van der Waals surface area (Å²) in [5.74, 6) is -2.53. The van der Waals surface area contributed by atoms with E-state index in [4.69, 9.17) is 6.57 Å². The van der Waals surface area contributed by atoms with Crippen LogP contribution in [0.2, 0.25) is 0 Å². The van der Waals surface area contributed by atoms with Crippen LogP contribution in [0.1, 0.15) is 22.7 Å². The molecule has 0 saturated carbocycles. The summed E-state index contributed by atoms with van der Waals surface area (Å²) in [5, 5.41) is 14.0. The Labute approximate surface area is 205 Å². The molecule has 12 heteroatoms. The lowest BCUT2D eigenvalue weighted by atomic mass is 9.95. The second-order valence-corrected chi connectivity index (χ2v) is 8.99. The molecule has 0 bridgehead atoms. The standard InChI is InChI=1S/C24H23F3N8O/c1-14-17(3-4-19(25)24(14)28-2)22-12-33-5-6-34(11-16(33)10-29-22)23(36)9-18-20(26)7-15(8-21(18)27)35-13-30-31-32-35/h3-4,7-8,13,16,22,29H,5-6,9-12H2,1H3/t16-,22-/m1/s1. The van der Waals surface area contributed by atoms with Crippen molar-refractivity contribution in [3.8, 4) is 5.69 Å². The third kappa shape index (κ3) is 4.43. The lowest BCUT2D eigenvalue weighted by molar-refractivity contribution is -0.134. The van der Waals surface area contributed by atoms with Crippen LogP contribution < -0.4 is 5.32 Å². The summed E-state index contributed by atoms with van der Waals surface area (Å²) < 4.78 is 44.4. The highest BCUT2D eigenvalue weighted by Crippen LogP contribution is 2.32. The monoisotopic (exact) mass is 496 g/mol. The van der Waals surface area contributed by atoms with Crippen molar-refractivity contribution in [1.82, 2.24) is 35.3 Å². The summed E-state index contributed by atoms with van der Waals surface area (Å²) in [7, 11) is 0. The molecule has 0 unspecified atom stereocenters. The van der Waals surface area contributed by atoms with Crippen molar-refractivity contribution in [3.05, 3.63) is 76.2 Å². The Kier molecular flexibility index (Phi) is 6.42. The van der Waals surface area contributed by atoms with Gasteiger partial charge >= 0.3 is 0 Å². The molecule has 1 amide bonds. The van der Waals surface area contributed by atoms with Gasteiger partial charge in [-0.3, -0.25) is 9.69 Å². The Balaban J connectivity index is 1.24. The number of fused-ring (bicyclic) bond motifs is 1. The predicted octanol–water partition coefficient (Wildman–Crippen LogP) is 2.34. The van der Waals surface area contributed by atoms with E-state index in [9.17, 15) is 18.0 Å². The van der Waals surface area contributed by atoms with E-state index in [1.165, 1.54) is 12.4 Å². The number of piperazine rings is 2. The minimum absolute atomic E-state index is 0.0388. The van der Waals surface area contributed by atoms with Crippen molar-refractivity contribution >= 4 is 11.6 Å². The van der Waals surface area contributed by atoms with Gasteiger partial charge in [-0.1, -0.05) is 6.07 Å². The minimum atomic E-state index is -0.830. The fourth-order valence-corrected chi connectivity index (χ4v) is 4.97. The van der Waals surface area contributed by atoms with Gasteiger partial charge in [0, 0.05) is 62.5 Å². The van der Waals surface area contributed by atoms with Crippen LogP contribution in [0.5, 0.6) is 0 Å². The molecule has 1 aromatic heterocycles. The van der Waals surface area contributed by atoms with Crippen molar-refractivity contribution in [2.45, 2.75) is 25.4 Å². The molecular formula is C24H23F3N8O. The maximum Gasteiger partial charge on any atom is 0.227 e. The van der Waals surface area contributed by atoms with Crippen molar-refractivity contribution in [1.29, 1.82) is 0 Å². The molecule has 3 aromatic rings. The smallest absolute Gasteiger partial charge is 0.227 e. The zero-order valence-corrected chi connectivity index (χ0v) is 19.5. The van der Waals surface area contributed by atoms with Gasteiger partial charge in [-0.25, -0.2) is 22.7 Å². The largest absolute Gasteiger partial charge is 0.340 e. The Bertz CT molecular complexity index is 1320. The second kappa shape index (κ2) is 9.67. The molecule has 2 aliphatic rings. The molecule has 2 aromatic carbocycles. The summed E-state index contributed by atoms with van der Waals surface area (Å²) in [6.07, 6.45) is 0.840. The highest BCUT2D eigenvalue weighted by Gasteiger charge is 2.35. The first kappa shape index (κ1) is 23.9. The van der Waals surface area contributed by atoms with Gasteiger partial charge in [-0.15, -0.1) is 5.10 Å². The van der Waals surface area contributed by atoms with E-state index in [0.717, 1.165) is 22.4 Å². The van der Waals surface area contributed by atoms with Gasteiger partial charge < -0.3 is 10.2 Å². The third-order valence-corrected chi connectivity index (χ3v) is 6.95. The Morgan fingerprint density at radius 3 is 2.64 bits per heavy atom. The van der Waals surface area contributed by atoms with Gasteiger partial charge in [0.05, 0.1) is 18.7 Å². The summed E-state index contributed by atoms with van der Waals surface area (Å²) >= 11 is 0. The maximum absolute atomic E-state index is 14.7. The number of amides is 1. The summed E-state index contributed by atoms with van der Waals surface area (Å²) in [4.78, 5) is 20.2. The van der Waals surface area contributed by atoms with Gasteiger partial charge in [0.2, 0.25) is 11.6 Å². The Morgan fingerprint density at radius 1 is 1.17 bits per heavy atom. The van der Waals surface area contributed by atoms with Crippen LogP contribution in [0, 0.1) is 30.9 Å². The Hall–Kier alpha value is -3.82. The van der Waals surface area contributed by atoms with Crippen LogP contribution in [-0.2, 0) is 11.2 Å². The van der Waals surface area contributed by atoms with E-state index in [0.29, 0.717) is 38.3 Å². The number of tetrazole rings is 1. The third-order valence-electron chi connectivity index (χ3n) is 6.95. The van der Waals surface area contributed by atoms with Crippen LogP contribution >= 0.6 is 0 Å². The molecule has 1 N–H and O–H groups in total. The molecule has 2 aliphatic heterocycles. The number of hydrogen-bond acceptors (Lipinski definition) is 6. The topological polar surface area (TPSA) is 83.5 Å². The molecule has 2 fully saturated rings. The van der Waals surface area contributed by atoms with E-state index in [2.05, 4.69) is 30.6 Å². The average Bonchev–Trinajstić information content (AvgIpc) is 3.41. The SMILES string of the molecule is [C-]#[N+]c1c(F)ccc([C@H]2CN3CCN(C(=O)Cc4c(F)cc(-n5cnnn5)cc4F)C[C@H]3CN2)c1C. The molecule has 3 heterocycles. The van der Waals surface area contributed by atoms with Gasteiger partial charge in [0.1, 0.15) is 23.8 Å². The highest BCUT2D eigenvalue weighted by molar-refractivity contribution is 5.79. The zero-order chi connectivity index (χ0) is 25.4. The zero-order valence-electron chi connectivity index (χ0n) is 19.5. The number of carbonyl (C=O) groups is 1. The Morgan fingerprint density at radius 2 is 1.94 bits per heavy atom. The van der Waals surface area contributed by atoms with Crippen LogP contribution in [-0.4, -0.2) is 74.7 Å². The molecule has 0 radical (unpaired) electrons. The van der Waals surface area contributed by atoms with E-state index < -0.39 is 17.5 Å². The van der Waals surface area contributed by atoms with Crippen molar-refractivity contribution in [2.75, 3.05) is 32.7 Å². The maximum atomic E-state index is 14.7. The number of rotatable bonds is 4. The first-order valence-corrected chi connectivity index (χ1v) is 11.5. The van der Waals surface area contributed by atoms with Crippen molar-refractivity contribution in [3.63, 3.8) is 0 Å². The molecule has 2 atom stereocenters. The molecule has 2 saturated heterocycles. The van der Waals surface area contributed by atoms with Crippen LogP contribution in [0.15, 0.2) is 30.6 Å². The quantitative estimate of drug-likeness (QED) is 0.559. The molecule has 5 rings (SSSR count). The first-order chi connectivity index (χ1) is 17.4. The fourth-order valence-electron chi connectivity index (χ4n) is 4.97. The number of halogens is 3. The van der Waals surface area contributed by atoms with Gasteiger partial charge in [-0.2, -0.15) is 0 Å². The lowest BCUT2D eigenvalue weighted by Crippen LogP contribution is -2.62. The van der Waals surface area contributed by atoms with E-state index in [1.807, 2.05) is 0 Å². The first-order valence-electron chi connectivity index (χ1n) is 11.5. The fraction of sp³-hybridized carbons (Fsp3) is 0.375. The predicted molar refractivity (Wildman–Crippen MR) is 123 cm³/mol. The minimum Gasteiger partial charge on any atom is -0.340 e. The molecule has 186 valence electrons. The summed E-state index contributed by atoms with van der Waals surface area (Å²) in [6, 6.07) is 5.21. The normalized spacial score (nSPS) is 20.1. The van der Waals surface area contributed by atoms with Crippen LogP contribution in [0.4, 0.5) is 18.9 Å². The molecule has 9 nitrogen and oxygen atoms in total. The molecule has 0 spiro atoms. The van der Waals surface area contributed by atoms with E-state index >= 15 is 0 Å². The number of nitrogens with zero attached hydrogens (tertiary/aromatic N) is 7. The average molecular weight is 496 g/mol. The summed E-state index contributed by atoms with van der Waals surface area (Å²) in [6.45, 7) is 11.7. The molecular weight excluding hydrogens is 473 g/mol. The van der Waals surface area contributed by atoms with Gasteiger partial charge in [-0.05, 0) is 34.5 Å². The summed E-state index contributed by atoms with van der Waals surface area (Å²) in [5.41, 5.74) is 1.39. The van der Waals surface area contributed by atoms with Crippen LogP contribution in [0.25, 0.3) is 10.5 Å². The van der Waals surface area contributed by atoms with E-state index in [-0.39, 0.29) is 41.3 Å². The lowest BCUT2D eigenvalue weighted by Gasteiger charge is -2.47. The highest BCUT2D eigenvalue weighted by atomic mass is 19.1. The van der Waals surface area contributed by atoms with Crippen LogP contribution in [0.3, 0.4) is 0 Å². The van der Waals surface area contributed by atoms with E-state index in [1.54, 1.807) is 17.9 Å². The molecule has 0 aliphatic carbocycles. The number of nitrogens with one attached hydrogen (secondary N) is 1.